The lowest BCUT2D eigenvalue weighted by atomic mass is 10.3. The molecule has 1 aromatic heterocycles. The molecule has 1 atom stereocenters. The molecule has 0 aromatic carbocycles. The van der Waals surface area contributed by atoms with Crippen LogP contribution >= 0.6 is 11.3 Å². The topological polar surface area (TPSA) is 9.23 Å². The Morgan fingerprint density at radius 2 is 2.00 bits per heavy atom. The Kier molecular flexibility index (Phi) is 4.56. The van der Waals surface area contributed by atoms with Crippen LogP contribution in [0, 0.1) is 5.92 Å². The van der Waals surface area contributed by atoms with Crippen molar-refractivity contribution in [2.24, 2.45) is 5.92 Å². The molecule has 0 radical (unpaired) electrons. The van der Waals surface area contributed by atoms with Crippen molar-refractivity contribution in [3.63, 3.8) is 0 Å². The summed E-state index contributed by atoms with van der Waals surface area (Å²) < 4.78 is 7.50. The summed E-state index contributed by atoms with van der Waals surface area (Å²) in [5, 5.41) is 2.17. The first-order valence-electron chi connectivity index (χ1n) is 5.62. The summed E-state index contributed by atoms with van der Waals surface area (Å²) in [7, 11) is 0.182. The minimum atomic E-state index is -1.72. The van der Waals surface area contributed by atoms with Crippen LogP contribution in [0.25, 0.3) is 0 Å². The molecule has 0 fully saturated rings. The Hall–Kier alpha value is -0.123. The van der Waals surface area contributed by atoms with Gasteiger partial charge in [-0.3, -0.25) is 0 Å². The first-order chi connectivity index (χ1) is 7.03. The van der Waals surface area contributed by atoms with Crippen molar-refractivity contribution >= 4 is 24.2 Å². The number of hydrogen-bond acceptors (Lipinski definition) is 2. The predicted molar refractivity (Wildman–Crippen MR) is 71.5 cm³/mol. The van der Waals surface area contributed by atoms with Crippen molar-refractivity contribution in [1.29, 1.82) is 0 Å². The fourth-order valence-corrected chi connectivity index (χ4v) is 8.51. The van der Waals surface area contributed by atoms with E-state index in [1.165, 1.54) is 10.5 Å². The Labute approximate surface area is 98.6 Å². The molecule has 1 nitrogen and oxygen atoms in total. The minimum absolute atomic E-state index is 0.642. The summed E-state index contributed by atoms with van der Waals surface area (Å²) in [5.74, 6) is 0.709. The highest BCUT2D eigenvalue weighted by molar-refractivity contribution is 7.24. The van der Waals surface area contributed by atoms with Crippen LogP contribution in [0.4, 0.5) is 0 Å². The average molecular weight is 242 g/mol. The van der Waals surface area contributed by atoms with Crippen LogP contribution in [-0.2, 0) is 4.43 Å². The van der Waals surface area contributed by atoms with E-state index in [0.29, 0.717) is 11.5 Å². The Balaban J connectivity index is 3.04. The highest BCUT2D eigenvalue weighted by Crippen LogP contribution is 2.30. The van der Waals surface area contributed by atoms with Crippen molar-refractivity contribution in [1.82, 2.24) is 0 Å². The van der Waals surface area contributed by atoms with E-state index in [0.717, 1.165) is 0 Å². The second-order valence-electron chi connectivity index (χ2n) is 4.82. The average Bonchev–Trinajstić information content (AvgIpc) is 2.66. The molecule has 0 bridgehead atoms. The van der Waals surface area contributed by atoms with Gasteiger partial charge in [-0.2, -0.15) is 11.3 Å². The highest BCUT2D eigenvalue weighted by Gasteiger charge is 2.41. The summed E-state index contributed by atoms with van der Waals surface area (Å²) in [6.07, 6.45) is 0. The monoisotopic (exact) mass is 242 g/mol. The van der Waals surface area contributed by atoms with E-state index in [1.807, 2.05) is 18.4 Å². The molecule has 0 spiro atoms. The molecule has 1 rings (SSSR count). The van der Waals surface area contributed by atoms with Crippen molar-refractivity contribution in [2.75, 3.05) is 7.11 Å². The van der Waals surface area contributed by atoms with Gasteiger partial charge in [0.15, 0.2) is 0 Å². The van der Waals surface area contributed by atoms with Gasteiger partial charge in [0.25, 0.3) is 0 Å². The zero-order chi connectivity index (χ0) is 11.5. The standard InChI is InChI=1S/C12H22OSSi/c1-10(2)9-15(13-5,11(3)4)12-7-6-8-14-12/h6-8,10-11H,9H2,1-5H3. The van der Waals surface area contributed by atoms with Crippen molar-refractivity contribution in [3.05, 3.63) is 17.5 Å². The molecule has 1 heterocycles. The highest BCUT2D eigenvalue weighted by atomic mass is 32.1. The third-order valence-electron chi connectivity index (χ3n) is 2.95. The number of thiophene rings is 1. The van der Waals surface area contributed by atoms with Crippen LogP contribution in [0.2, 0.25) is 11.6 Å². The maximum absolute atomic E-state index is 6.00. The van der Waals surface area contributed by atoms with Gasteiger partial charge in [0.05, 0.1) is 0 Å². The SMILES string of the molecule is CO[Si](CC(C)C)(c1cccs1)C(C)C. The molecule has 0 saturated carbocycles. The largest absolute Gasteiger partial charge is 0.414 e. The first-order valence-corrected chi connectivity index (χ1v) is 8.69. The molecule has 0 N–H and O–H groups in total. The van der Waals surface area contributed by atoms with Gasteiger partial charge >= 0.3 is 0 Å². The van der Waals surface area contributed by atoms with E-state index in [4.69, 9.17) is 4.43 Å². The van der Waals surface area contributed by atoms with E-state index in [-0.39, 0.29) is 0 Å². The van der Waals surface area contributed by atoms with Crippen molar-refractivity contribution in [3.8, 4) is 0 Å². The van der Waals surface area contributed by atoms with E-state index in [1.54, 1.807) is 0 Å². The Morgan fingerprint density at radius 3 is 2.33 bits per heavy atom. The third kappa shape index (κ3) is 2.71. The molecule has 3 heteroatoms. The first kappa shape index (κ1) is 12.9. The molecule has 0 aliphatic carbocycles. The van der Waals surface area contributed by atoms with E-state index in [9.17, 15) is 0 Å². The molecule has 1 aromatic rings. The van der Waals surface area contributed by atoms with Gasteiger partial charge in [-0.25, -0.2) is 0 Å². The van der Waals surface area contributed by atoms with Gasteiger partial charge in [-0.05, 0) is 28.9 Å². The summed E-state index contributed by atoms with van der Waals surface area (Å²) in [4.78, 5) is 0. The third-order valence-corrected chi connectivity index (χ3v) is 10.0. The van der Waals surface area contributed by atoms with E-state index < -0.39 is 8.32 Å². The lowest BCUT2D eigenvalue weighted by Crippen LogP contribution is -2.52. The van der Waals surface area contributed by atoms with Gasteiger partial charge in [-0.15, -0.1) is 0 Å². The Morgan fingerprint density at radius 1 is 1.33 bits per heavy atom. The summed E-state index contributed by atoms with van der Waals surface area (Å²) in [6, 6.07) is 5.62. The van der Waals surface area contributed by atoms with Crippen LogP contribution < -0.4 is 4.50 Å². The lowest BCUT2D eigenvalue weighted by Gasteiger charge is -2.34. The fourth-order valence-electron chi connectivity index (χ4n) is 2.17. The van der Waals surface area contributed by atoms with Gasteiger partial charge < -0.3 is 4.43 Å². The van der Waals surface area contributed by atoms with Crippen LogP contribution in [0.1, 0.15) is 27.7 Å². The molecule has 0 saturated heterocycles. The van der Waals surface area contributed by atoms with Gasteiger partial charge in [0.1, 0.15) is 0 Å². The van der Waals surface area contributed by atoms with Gasteiger partial charge in [0.2, 0.25) is 8.32 Å². The van der Waals surface area contributed by atoms with Crippen LogP contribution in [0.5, 0.6) is 0 Å². The zero-order valence-corrected chi connectivity index (χ0v) is 12.2. The van der Waals surface area contributed by atoms with Crippen molar-refractivity contribution in [2.45, 2.75) is 39.3 Å². The molecule has 15 heavy (non-hydrogen) atoms. The zero-order valence-electron chi connectivity index (χ0n) is 10.4. The quantitative estimate of drug-likeness (QED) is 0.717. The number of hydrogen-bond donors (Lipinski definition) is 0. The van der Waals surface area contributed by atoms with Crippen LogP contribution in [0.3, 0.4) is 0 Å². The van der Waals surface area contributed by atoms with Crippen LogP contribution in [0.15, 0.2) is 17.5 Å². The maximum atomic E-state index is 6.00. The minimum Gasteiger partial charge on any atom is -0.414 e. The van der Waals surface area contributed by atoms with Gasteiger partial charge in [-0.1, -0.05) is 33.8 Å². The van der Waals surface area contributed by atoms with E-state index >= 15 is 0 Å². The second kappa shape index (κ2) is 5.28. The van der Waals surface area contributed by atoms with Crippen molar-refractivity contribution < 1.29 is 4.43 Å². The lowest BCUT2D eigenvalue weighted by molar-refractivity contribution is 0.387. The smallest absolute Gasteiger partial charge is 0.236 e. The summed E-state index contributed by atoms with van der Waals surface area (Å²) in [6.45, 7) is 9.18. The molecular formula is C12H22OSSi. The molecule has 0 amide bonds. The summed E-state index contributed by atoms with van der Waals surface area (Å²) in [5.41, 5.74) is 0.642. The van der Waals surface area contributed by atoms with Gasteiger partial charge in [0, 0.05) is 11.6 Å². The molecule has 86 valence electrons. The molecule has 0 aliphatic heterocycles. The molecular weight excluding hydrogens is 220 g/mol. The summed E-state index contributed by atoms with van der Waals surface area (Å²) >= 11 is 1.86. The Bertz CT molecular complexity index is 282. The normalized spacial score (nSPS) is 15.9. The number of rotatable bonds is 5. The second-order valence-corrected chi connectivity index (χ2v) is 10.4. The fraction of sp³-hybridized carbons (Fsp3) is 0.667. The van der Waals surface area contributed by atoms with E-state index in [2.05, 4.69) is 45.2 Å². The maximum Gasteiger partial charge on any atom is 0.236 e. The predicted octanol–water partition coefficient (Wildman–Crippen LogP) is 3.61. The molecule has 0 aliphatic rings. The molecule has 1 unspecified atom stereocenters. The van der Waals surface area contributed by atoms with Crippen LogP contribution in [-0.4, -0.2) is 15.4 Å².